The predicted octanol–water partition coefficient (Wildman–Crippen LogP) is 3.70. The van der Waals surface area contributed by atoms with Gasteiger partial charge in [0, 0.05) is 12.1 Å². The Morgan fingerprint density at radius 3 is 2.79 bits per heavy atom. The van der Waals surface area contributed by atoms with Crippen LogP contribution in [0.15, 0.2) is 18.2 Å². The number of hydrogen-bond donors (Lipinski definition) is 2. The van der Waals surface area contributed by atoms with Crippen LogP contribution in [0.25, 0.3) is 0 Å². The van der Waals surface area contributed by atoms with Crippen LogP contribution in [0.5, 0.6) is 0 Å². The number of benzene rings is 1. The van der Waals surface area contributed by atoms with Crippen molar-refractivity contribution in [3.8, 4) is 0 Å². The fraction of sp³-hybridized carbons (Fsp3) is 0.533. The zero-order valence-electron chi connectivity index (χ0n) is 11.3. The normalized spacial score (nSPS) is 23.1. The Labute approximate surface area is 119 Å². The highest BCUT2D eigenvalue weighted by Gasteiger charge is 2.21. The summed E-state index contributed by atoms with van der Waals surface area (Å²) in [5.41, 5.74) is 6.60. The molecule has 0 bridgehead atoms. The number of anilines is 1. The topological polar surface area (TPSA) is 38.0 Å². The molecule has 1 aliphatic carbocycles. The third kappa shape index (κ3) is 3.66. The van der Waals surface area contributed by atoms with Gasteiger partial charge in [-0.2, -0.15) is 0 Å². The number of nitrogens with two attached hydrogens (primary N) is 1. The molecule has 0 amide bonds. The maximum atomic E-state index is 13.9. The van der Waals surface area contributed by atoms with Crippen molar-refractivity contribution in [2.45, 2.75) is 32.6 Å². The van der Waals surface area contributed by atoms with Crippen LogP contribution < -0.4 is 11.1 Å². The van der Waals surface area contributed by atoms with Crippen LogP contribution >= 0.6 is 12.2 Å². The Bertz CT molecular complexity index is 461. The maximum absolute atomic E-state index is 13.9. The molecule has 2 unspecified atom stereocenters. The van der Waals surface area contributed by atoms with Gasteiger partial charge in [0.1, 0.15) is 10.8 Å². The first-order valence-corrected chi connectivity index (χ1v) is 7.32. The summed E-state index contributed by atoms with van der Waals surface area (Å²) in [4.78, 5) is 0.228. The minimum Gasteiger partial charge on any atom is -0.389 e. The molecule has 104 valence electrons. The summed E-state index contributed by atoms with van der Waals surface area (Å²) >= 11 is 4.84. The van der Waals surface area contributed by atoms with Gasteiger partial charge in [-0.25, -0.2) is 4.39 Å². The number of nitrogens with one attached hydrogen (secondary N) is 1. The third-order valence-electron chi connectivity index (χ3n) is 4.10. The lowest BCUT2D eigenvalue weighted by atomic mass is 9.80. The summed E-state index contributed by atoms with van der Waals surface area (Å²) in [6.45, 7) is 3.13. The smallest absolute Gasteiger partial charge is 0.146 e. The van der Waals surface area contributed by atoms with Crippen molar-refractivity contribution < 1.29 is 4.39 Å². The van der Waals surface area contributed by atoms with Crippen LogP contribution in [-0.4, -0.2) is 11.5 Å². The zero-order chi connectivity index (χ0) is 13.8. The van der Waals surface area contributed by atoms with Crippen molar-refractivity contribution >= 4 is 22.9 Å². The molecule has 0 radical (unpaired) electrons. The summed E-state index contributed by atoms with van der Waals surface area (Å²) in [5, 5.41) is 3.22. The average molecular weight is 280 g/mol. The Morgan fingerprint density at radius 1 is 1.42 bits per heavy atom. The Kier molecular flexibility index (Phi) is 4.75. The summed E-state index contributed by atoms with van der Waals surface area (Å²) in [7, 11) is 0. The number of halogens is 1. The van der Waals surface area contributed by atoms with E-state index in [0.29, 0.717) is 17.2 Å². The first-order chi connectivity index (χ1) is 9.08. The molecule has 2 atom stereocenters. The van der Waals surface area contributed by atoms with Crippen molar-refractivity contribution in [1.29, 1.82) is 0 Å². The highest BCUT2D eigenvalue weighted by Crippen LogP contribution is 2.30. The van der Waals surface area contributed by atoms with Gasteiger partial charge in [-0.15, -0.1) is 0 Å². The average Bonchev–Trinajstić information content (AvgIpc) is 2.39. The first kappa shape index (κ1) is 14.3. The van der Waals surface area contributed by atoms with Crippen LogP contribution in [0.2, 0.25) is 0 Å². The molecule has 0 spiro atoms. The number of thiocarbonyl (C=S) groups is 1. The van der Waals surface area contributed by atoms with Gasteiger partial charge in [0.05, 0.1) is 5.69 Å². The Morgan fingerprint density at radius 2 is 2.16 bits per heavy atom. The van der Waals surface area contributed by atoms with Gasteiger partial charge in [0.15, 0.2) is 0 Å². The molecular weight excluding hydrogens is 259 g/mol. The van der Waals surface area contributed by atoms with Crippen molar-refractivity contribution in [3.05, 3.63) is 29.6 Å². The molecule has 1 aromatic carbocycles. The second kappa shape index (κ2) is 6.33. The quantitative estimate of drug-likeness (QED) is 0.826. The summed E-state index contributed by atoms with van der Waals surface area (Å²) in [5.74, 6) is 1.08. The lowest BCUT2D eigenvalue weighted by Crippen LogP contribution is -2.24. The van der Waals surface area contributed by atoms with Gasteiger partial charge in [0.25, 0.3) is 0 Å². The van der Waals surface area contributed by atoms with E-state index in [1.807, 2.05) is 0 Å². The Hall–Kier alpha value is -1.16. The lowest BCUT2D eigenvalue weighted by Gasteiger charge is -2.29. The molecular formula is C15H21FN2S. The molecule has 1 aromatic rings. The molecule has 0 heterocycles. The van der Waals surface area contributed by atoms with Crippen molar-refractivity contribution in [2.24, 2.45) is 17.6 Å². The van der Waals surface area contributed by atoms with Crippen LogP contribution in [0.1, 0.15) is 38.2 Å². The summed E-state index contributed by atoms with van der Waals surface area (Å²) < 4.78 is 13.9. The standard InChI is InChI=1S/C15H21FN2S/c1-10-4-2-3-5-12(10)9-18-14-7-6-11(15(17)19)8-13(14)16/h6-8,10,12,18H,2-5,9H2,1H3,(H2,17,19). The molecule has 1 fully saturated rings. The van der Waals surface area contributed by atoms with E-state index in [1.165, 1.54) is 31.7 Å². The fourth-order valence-electron chi connectivity index (χ4n) is 2.75. The van der Waals surface area contributed by atoms with E-state index in [0.717, 1.165) is 12.5 Å². The van der Waals surface area contributed by atoms with Crippen molar-refractivity contribution in [3.63, 3.8) is 0 Å². The molecule has 4 heteroatoms. The van der Waals surface area contributed by atoms with E-state index >= 15 is 0 Å². The molecule has 2 rings (SSSR count). The van der Waals surface area contributed by atoms with Gasteiger partial charge in [-0.05, 0) is 36.5 Å². The minimum absolute atomic E-state index is 0.228. The Balaban J connectivity index is 1.97. The predicted molar refractivity (Wildman–Crippen MR) is 81.9 cm³/mol. The molecule has 0 aromatic heterocycles. The van der Waals surface area contributed by atoms with Crippen molar-refractivity contribution in [1.82, 2.24) is 0 Å². The van der Waals surface area contributed by atoms with Gasteiger partial charge >= 0.3 is 0 Å². The summed E-state index contributed by atoms with van der Waals surface area (Å²) in [6.07, 6.45) is 5.14. The minimum atomic E-state index is -0.284. The highest BCUT2D eigenvalue weighted by molar-refractivity contribution is 7.80. The van der Waals surface area contributed by atoms with Crippen LogP contribution in [0.4, 0.5) is 10.1 Å². The van der Waals surface area contributed by atoms with Crippen LogP contribution in [0.3, 0.4) is 0 Å². The molecule has 2 nitrogen and oxygen atoms in total. The first-order valence-electron chi connectivity index (χ1n) is 6.91. The lowest BCUT2D eigenvalue weighted by molar-refractivity contribution is 0.268. The molecule has 19 heavy (non-hydrogen) atoms. The maximum Gasteiger partial charge on any atom is 0.146 e. The van der Waals surface area contributed by atoms with E-state index in [1.54, 1.807) is 12.1 Å². The monoisotopic (exact) mass is 280 g/mol. The van der Waals surface area contributed by atoms with Gasteiger partial charge < -0.3 is 11.1 Å². The molecule has 0 saturated heterocycles. The molecule has 3 N–H and O–H groups in total. The number of hydrogen-bond acceptors (Lipinski definition) is 2. The molecule has 0 aliphatic heterocycles. The zero-order valence-corrected chi connectivity index (χ0v) is 12.1. The van der Waals surface area contributed by atoms with E-state index in [2.05, 4.69) is 12.2 Å². The fourth-order valence-corrected chi connectivity index (χ4v) is 2.88. The largest absolute Gasteiger partial charge is 0.389 e. The van der Waals surface area contributed by atoms with Gasteiger partial charge in [-0.3, -0.25) is 0 Å². The van der Waals surface area contributed by atoms with E-state index in [9.17, 15) is 4.39 Å². The highest BCUT2D eigenvalue weighted by atomic mass is 32.1. The van der Waals surface area contributed by atoms with Crippen LogP contribution in [0, 0.1) is 17.7 Å². The number of rotatable bonds is 4. The molecule has 1 aliphatic rings. The van der Waals surface area contributed by atoms with Gasteiger partial charge in [-0.1, -0.05) is 38.4 Å². The van der Waals surface area contributed by atoms with Gasteiger partial charge in [0.2, 0.25) is 0 Å². The second-order valence-corrected chi connectivity index (χ2v) is 5.90. The second-order valence-electron chi connectivity index (χ2n) is 5.46. The summed E-state index contributed by atoms with van der Waals surface area (Å²) in [6, 6.07) is 4.88. The molecule has 1 saturated carbocycles. The van der Waals surface area contributed by atoms with E-state index in [-0.39, 0.29) is 10.8 Å². The SMILES string of the molecule is CC1CCCCC1CNc1ccc(C(N)=S)cc1F. The van der Waals surface area contributed by atoms with Crippen LogP contribution in [-0.2, 0) is 0 Å². The van der Waals surface area contributed by atoms with E-state index in [4.69, 9.17) is 18.0 Å². The third-order valence-corrected chi connectivity index (χ3v) is 4.33. The van der Waals surface area contributed by atoms with Crippen molar-refractivity contribution in [2.75, 3.05) is 11.9 Å². The van der Waals surface area contributed by atoms with E-state index < -0.39 is 0 Å².